The molecule has 0 unspecified atom stereocenters. The van der Waals surface area contributed by atoms with E-state index >= 15 is 0 Å². The Morgan fingerprint density at radius 2 is 2.11 bits per heavy atom. The highest BCUT2D eigenvalue weighted by atomic mass is 32.1. The molecule has 1 saturated heterocycles. The van der Waals surface area contributed by atoms with Crippen LogP contribution in [0.15, 0.2) is 35.7 Å². The lowest BCUT2D eigenvalue weighted by molar-refractivity contribution is -0.131. The largest absolute Gasteiger partial charge is 0.488 e. The highest BCUT2D eigenvalue weighted by Crippen LogP contribution is 2.41. The van der Waals surface area contributed by atoms with E-state index in [1.807, 2.05) is 12.1 Å². The van der Waals surface area contributed by atoms with Crippen LogP contribution in [0, 0.1) is 0 Å². The molecule has 142 valence electrons. The van der Waals surface area contributed by atoms with Gasteiger partial charge in [-0.2, -0.15) is 0 Å². The van der Waals surface area contributed by atoms with Crippen LogP contribution < -0.4 is 9.47 Å². The Morgan fingerprint density at radius 1 is 1.26 bits per heavy atom. The topological polar surface area (TPSA) is 38.8 Å². The lowest BCUT2D eigenvalue weighted by atomic mass is 10.00. The predicted molar refractivity (Wildman–Crippen MR) is 108 cm³/mol. The molecule has 0 aliphatic carbocycles. The fourth-order valence-electron chi connectivity index (χ4n) is 3.82. The van der Waals surface area contributed by atoms with Gasteiger partial charge < -0.3 is 14.4 Å². The van der Waals surface area contributed by atoms with Gasteiger partial charge in [0.1, 0.15) is 18.1 Å². The van der Waals surface area contributed by atoms with Crippen molar-refractivity contribution in [2.75, 3.05) is 19.6 Å². The highest BCUT2D eigenvalue weighted by Gasteiger charge is 2.21. The number of thiophene rings is 1. The number of rotatable bonds is 4. The van der Waals surface area contributed by atoms with Gasteiger partial charge >= 0.3 is 5.97 Å². The van der Waals surface area contributed by atoms with Crippen LogP contribution in [0.2, 0.25) is 0 Å². The molecule has 0 saturated carbocycles. The summed E-state index contributed by atoms with van der Waals surface area (Å²) in [5.74, 6) is 1.10. The second-order valence-electron chi connectivity index (χ2n) is 7.12. The van der Waals surface area contributed by atoms with Gasteiger partial charge in [0.25, 0.3) is 0 Å². The van der Waals surface area contributed by atoms with E-state index in [9.17, 15) is 4.79 Å². The number of fused-ring (bicyclic) bond motifs is 2. The lowest BCUT2D eigenvalue weighted by Gasteiger charge is -2.25. The minimum atomic E-state index is -0.308. The third kappa shape index (κ3) is 4.25. The SMILES string of the molecule is CC(=O)Oc1ccc2c(c1)/C(=C\CCN1CCCCC1)c1sccc1CO2. The number of esters is 1. The summed E-state index contributed by atoms with van der Waals surface area (Å²) in [6.07, 6.45) is 7.32. The van der Waals surface area contributed by atoms with Gasteiger partial charge in [0.05, 0.1) is 0 Å². The van der Waals surface area contributed by atoms with Gasteiger partial charge in [-0.05, 0) is 67.6 Å². The molecular formula is C22H25NO3S. The van der Waals surface area contributed by atoms with E-state index in [0.717, 1.165) is 24.3 Å². The molecule has 0 bridgehead atoms. The molecule has 3 heterocycles. The predicted octanol–water partition coefficient (Wildman–Crippen LogP) is 4.87. The molecule has 0 radical (unpaired) electrons. The van der Waals surface area contributed by atoms with E-state index in [0.29, 0.717) is 12.4 Å². The minimum Gasteiger partial charge on any atom is -0.488 e. The number of piperidine rings is 1. The van der Waals surface area contributed by atoms with Crippen molar-refractivity contribution in [1.82, 2.24) is 4.90 Å². The molecule has 27 heavy (non-hydrogen) atoms. The van der Waals surface area contributed by atoms with Gasteiger partial charge in [-0.15, -0.1) is 11.3 Å². The number of likely N-dealkylation sites (tertiary alicyclic amines) is 1. The molecular weight excluding hydrogens is 358 g/mol. The van der Waals surface area contributed by atoms with Crippen molar-refractivity contribution in [2.45, 2.75) is 39.2 Å². The van der Waals surface area contributed by atoms with Crippen molar-refractivity contribution in [3.05, 3.63) is 51.7 Å². The van der Waals surface area contributed by atoms with E-state index in [4.69, 9.17) is 9.47 Å². The van der Waals surface area contributed by atoms with Crippen molar-refractivity contribution in [2.24, 2.45) is 0 Å². The van der Waals surface area contributed by atoms with E-state index in [1.54, 1.807) is 17.4 Å². The average Bonchev–Trinajstić information content (AvgIpc) is 3.08. The summed E-state index contributed by atoms with van der Waals surface area (Å²) >= 11 is 1.75. The van der Waals surface area contributed by atoms with Crippen LogP contribution in [0.3, 0.4) is 0 Å². The van der Waals surface area contributed by atoms with Gasteiger partial charge in [-0.25, -0.2) is 0 Å². The lowest BCUT2D eigenvalue weighted by Crippen LogP contribution is -2.30. The monoisotopic (exact) mass is 383 g/mol. The molecule has 0 spiro atoms. The van der Waals surface area contributed by atoms with Crippen LogP contribution in [0.25, 0.3) is 5.57 Å². The Balaban J connectivity index is 1.64. The number of benzene rings is 1. The zero-order chi connectivity index (χ0) is 18.6. The molecule has 2 aliphatic rings. The second kappa shape index (κ2) is 8.28. The van der Waals surface area contributed by atoms with E-state index in [-0.39, 0.29) is 5.97 Å². The fourth-order valence-corrected chi connectivity index (χ4v) is 4.78. The first-order chi connectivity index (χ1) is 13.2. The molecule has 2 aliphatic heterocycles. The van der Waals surface area contributed by atoms with Crippen LogP contribution in [0.4, 0.5) is 0 Å². The van der Waals surface area contributed by atoms with Crippen molar-refractivity contribution in [3.8, 4) is 11.5 Å². The maximum absolute atomic E-state index is 11.4. The average molecular weight is 384 g/mol. The Labute approximate surface area is 164 Å². The van der Waals surface area contributed by atoms with Crippen molar-refractivity contribution in [1.29, 1.82) is 0 Å². The summed E-state index contributed by atoms with van der Waals surface area (Å²) in [5.41, 5.74) is 3.42. The minimum absolute atomic E-state index is 0.308. The molecule has 1 aromatic heterocycles. The van der Waals surface area contributed by atoms with Gasteiger partial charge in [-0.3, -0.25) is 4.79 Å². The standard InChI is InChI=1S/C22H25NO3S/c1-16(24)26-18-7-8-21-20(14-18)19(22-17(15-25-21)9-13-27-22)6-5-12-23-10-3-2-4-11-23/h6-9,13-14H,2-5,10-12,15H2,1H3/b19-6+. The Hall–Kier alpha value is -2.11. The smallest absolute Gasteiger partial charge is 0.308 e. The molecule has 0 amide bonds. The number of carbonyl (C=O) groups is 1. The van der Waals surface area contributed by atoms with Crippen LogP contribution in [-0.2, 0) is 11.4 Å². The third-order valence-corrected chi connectivity index (χ3v) is 6.11. The number of ether oxygens (including phenoxy) is 2. The van der Waals surface area contributed by atoms with Crippen LogP contribution in [0.1, 0.15) is 48.6 Å². The van der Waals surface area contributed by atoms with Crippen molar-refractivity contribution in [3.63, 3.8) is 0 Å². The van der Waals surface area contributed by atoms with E-state index in [1.165, 1.54) is 55.3 Å². The molecule has 0 N–H and O–H groups in total. The van der Waals surface area contributed by atoms with Gasteiger partial charge in [0.15, 0.2) is 0 Å². The summed E-state index contributed by atoms with van der Waals surface area (Å²) < 4.78 is 11.3. The van der Waals surface area contributed by atoms with Crippen molar-refractivity contribution < 1.29 is 14.3 Å². The Bertz CT molecular complexity index is 849. The Morgan fingerprint density at radius 3 is 2.93 bits per heavy atom. The zero-order valence-corrected chi connectivity index (χ0v) is 16.5. The highest BCUT2D eigenvalue weighted by molar-refractivity contribution is 7.11. The van der Waals surface area contributed by atoms with Crippen LogP contribution >= 0.6 is 11.3 Å². The summed E-state index contributed by atoms with van der Waals surface area (Å²) in [7, 11) is 0. The summed E-state index contributed by atoms with van der Waals surface area (Å²) in [6, 6.07) is 7.77. The molecule has 1 aromatic carbocycles. The first kappa shape index (κ1) is 18.3. The van der Waals surface area contributed by atoms with Crippen LogP contribution in [0.5, 0.6) is 11.5 Å². The maximum atomic E-state index is 11.4. The fraction of sp³-hybridized carbons (Fsp3) is 0.409. The molecule has 1 fully saturated rings. The summed E-state index contributed by atoms with van der Waals surface area (Å²) in [4.78, 5) is 15.2. The third-order valence-electron chi connectivity index (χ3n) is 5.12. The molecule has 4 nitrogen and oxygen atoms in total. The van der Waals surface area contributed by atoms with Gasteiger partial charge in [-0.1, -0.05) is 12.5 Å². The molecule has 4 rings (SSSR count). The number of nitrogens with zero attached hydrogens (tertiary/aromatic N) is 1. The number of hydrogen-bond donors (Lipinski definition) is 0. The second-order valence-corrected chi connectivity index (χ2v) is 8.04. The molecule has 2 aromatic rings. The van der Waals surface area contributed by atoms with E-state index in [2.05, 4.69) is 22.4 Å². The van der Waals surface area contributed by atoms with Crippen molar-refractivity contribution >= 4 is 22.9 Å². The van der Waals surface area contributed by atoms with Crippen LogP contribution in [-0.4, -0.2) is 30.5 Å². The Kier molecular flexibility index (Phi) is 5.60. The first-order valence-electron chi connectivity index (χ1n) is 9.65. The van der Waals surface area contributed by atoms with Gasteiger partial charge in [0.2, 0.25) is 0 Å². The normalized spacial score (nSPS) is 18.3. The first-order valence-corrected chi connectivity index (χ1v) is 10.5. The number of carbonyl (C=O) groups excluding carboxylic acids is 1. The maximum Gasteiger partial charge on any atom is 0.308 e. The summed E-state index contributed by atoms with van der Waals surface area (Å²) in [6.45, 7) is 5.51. The zero-order valence-electron chi connectivity index (χ0n) is 15.7. The quantitative estimate of drug-likeness (QED) is 0.557. The number of hydrogen-bond acceptors (Lipinski definition) is 5. The van der Waals surface area contributed by atoms with Gasteiger partial charge in [0, 0.05) is 29.5 Å². The molecule has 0 atom stereocenters. The summed E-state index contributed by atoms with van der Waals surface area (Å²) in [5, 5.41) is 2.12. The van der Waals surface area contributed by atoms with E-state index < -0.39 is 0 Å². The molecule has 5 heteroatoms.